The van der Waals surface area contributed by atoms with Gasteiger partial charge in [-0.25, -0.2) is 14.8 Å². The fraction of sp³-hybridized carbons (Fsp3) is 0.545. The van der Waals surface area contributed by atoms with Crippen molar-refractivity contribution in [3.05, 3.63) is 10.8 Å². The van der Waals surface area contributed by atoms with Crippen LogP contribution in [0.15, 0.2) is 10.8 Å². The molecule has 100 valence electrons. The second kappa shape index (κ2) is 6.53. The Morgan fingerprint density at radius 3 is 2.78 bits per heavy atom. The van der Waals surface area contributed by atoms with Crippen molar-refractivity contribution in [2.75, 3.05) is 18.2 Å². The van der Waals surface area contributed by atoms with Gasteiger partial charge in [-0.2, -0.15) is 0 Å². The molecule has 1 rings (SSSR count). The average molecular weight is 317 g/mol. The Morgan fingerprint density at radius 2 is 2.22 bits per heavy atom. The third-order valence-corrected chi connectivity index (χ3v) is 3.10. The molecule has 0 amide bonds. The number of nitrogens with one attached hydrogen (secondary N) is 1. The number of aromatic nitrogens is 2. The topological polar surface area (TPSA) is 90.1 Å². The fourth-order valence-corrected chi connectivity index (χ4v) is 1.80. The number of hydrogen-bond acceptors (Lipinski definition) is 6. The lowest BCUT2D eigenvalue weighted by Gasteiger charge is -2.19. The smallest absolute Gasteiger partial charge is 0.328 e. The molecule has 1 atom stereocenters. The highest BCUT2D eigenvalue weighted by molar-refractivity contribution is 9.10. The molecule has 0 bridgehead atoms. The van der Waals surface area contributed by atoms with Gasteiger partial charge in [0.25, 0.3) is 0 Å². The molecule has 1 heterocycles. The molecule has 1 aromatic rings. The predicted octanol–water partition coefficient (Wildman–Crippen LogP) is 1.82. The molecule has 0 aliphatic heterocycles. The van der Waals surface area contributed by atoms with Gasteiger partial charge in [0.2, 0.25) is 0 Å². The monoisotopic (exact) mass is 316 g/mol. The average Bonchev–Trinajstić information content (AvgIpc) is 2.32. The van der Waals surface area contributed by atoms with Crippen molar-refractivity contribution in [2.45, 2.75) is 26.3 Å². The zero-order valence-corrected chi connectivity index (χ0v) is 12.2. The van der Waals surface area contributed by atoms with Gasteiger partial charge in [-0.05, 0) is 28.3 Å². The van der Waals surface area contributed by atoms with Gasteiger partial charge < -0.3 is 15.8 Å². The number of methoxy groups -OCH3 is 1. The molecule has 0 spiro atoms. The first-order valence-electron chi connectivity index (χ1n) is 5.56. The van der Waals surface area contributed by atoms with Crippen LogP contribution in [0.3, 0.4) is 0 Å². The lowest BCUT2D eigenvalue weighted by atomic mass is 10.0. The summed E-state index contributed by atoms with van der Waals surface area (Å²) in [4.78, 5) is 19.6. The summed E-state index contributed by atoms with van der Waals surface area (Å²) in [5.74, 6) is 0.826. The number of nitrogen functional groups attached to an aromatic ring is 1. The second-order valence-corrected chi connectivity index (χ2v) is 5.06. The largest absolute Gasteiger partial charge is 0.467 e. The number of halogens is 1. The SMILES string of the molecule is COC(=O)C(CC(C)C)Nc1ncnc(N)c1Br. The summed E-state index contributed by atoms with van der Waals surface area (Å²) in [5, 5.41) is 3.02. The third kappa shape index (κ3) is 3.83. The summed E-state index contributed by atoms with van der Waals surface area (Å²) in [6, 6.07) is -0.458. The van der Waals surface area contributed by atoms with Gasteiger partial charge in [-0.15, -0.1) is 0 Å². The molecule has 0 aliphatic carbocycles. The van der Waals surface area contributed by atoms with E-state index in [0.717, 1.165) is 0 Å². The molecular formula is C11H17BrN4O2. The van der Waals surface area contributed by atoms with Crippen LogP contribution in [0, 0.1) is 5.92 Å². The van der Waals surface area contributed by atoms with E-state index in [0.29, 0.717) is 28.4 Å². The summed E-state index contributed by atoms with van der Waals surface area (Å²) in [6.45, 7) is 4.06. The van der Waals surface area contributed by atoms with Crippen LogP contribution in [0.2, 0.25) is 0 Å². The molecule has 0 saturated heterocycles. The van der Waals surface area contributed by atoms with Crippen molar-refractivity contribution in [3.8, 4) is 0 Å². The van der Waals surface area contributed by atoms with E-state index in [1.54, 1.807) is 0 Å². The Kier molecular flexibility index (Phi) is 5.33. The maximum Gasteiger partial charge on any atom is 0.328 e. The van der Waals surface area contributed by atoms with E-state index in [4.69, 9.17) is 10.5 Å². The Labute approximate surface area is 114 Å². The molecule has 1 aromatic heterocycles. The zero-order chi connectivity index (χ0) is 13.7. The van der Waals surface area contributed by atoms with Crippen LogP contribution in [-0.2, 0) is 9.53 Å². The number of anilines is 2. The second-order valence-electron chi connectivity index (χ2n) is 4.27. The molecule has 6 nitrogen and oxygen atoms in total. The predicted molar refractivity (Wildman–Crippen MR) is 73.0 cm³/mol. The number of nitrogens with two attached hydrogens (primary N) is 1. The van der Waals surface area contributed by atoms with Crippen molar-refractivity contribution in [3.63, 3.8) is 0 Å². The highest BCUT2D eigenvalue weighted by atomic mass is 79.9. The fourth-order valence-electron chi connectivity index (χ4n) is 1.48. The van der Waals surface area contributed by atoms with E-state index in [-0.39, 0.29) is 5.97 Å². The summed E-state index contributed by atoms with van der Waals surface area (Å²) >= 11 is 3.28. The van der Waals surface area contributed by atoms with Crippen molar-refractivity contribution < 1.29 is 9.53 Å². The maximum atomic E-state index is 11.7. The van der Waals surface area contributed by atoms with E-state index in [1.807, 2.05) is 13.8 Å². The molecular weight excluding hydrogens is 300 g/mol. The van der Waals surface area contributed by atoms with E-state index in [2.05, 4.69) is 31.2 Å². The number of carbonyl (C=O) groups excluding carboxylic acids is 1. The Bertz CT molecular complexity index is 426. The van der Waals surface area contributed by atoms with E-state index in [9.17, 15) is 4.79 Å². The van der Waals surface area contributed by atoms with E-state index >= 15 is 0 Å². The number of hydrogen-bond donors (Lipinski definition) is 2. The van der Waals surface area contributed by atoms with Crippen molar-refractivity contribution in [2.24, 2.45) is 5.92 Å². The molecule has 0 saturated carbocycles. The molecule has 1 unspecified atom stereocenters. The summed E-state index contributed by atoms with van der Waals surface area (Å²) in [5.41, 5.74) is 5.65. The van der Waals surface area contributed by atoms with Gasteiger partial charge in [0, 0.05) is 0 Å². The summed E-state index contributed by atoms with van der Waals surface area (Å²) in [7, 11) is 1.36. The van der Waals surface area contributed by atoms with Crippen molar-refractivity contribution >= 4 is 33.5 Å². The normalized spacial score (nSPS) is 12.3. The van der Waals surface area contributed by atoms with Gasteiger partial charge in [0.15, 0.2) is 0 Å². The summed E-state index contributed by atoms with van der Waals surface area (Å²) in [6.07, 6.45) is 1.98. The summed E-state index contributed by atoms with van der Waals surface area (Å²) < 4.78 is 5.31. The van der Waals surface area contributed by atoms with Gasteiger partial charge in [0.1, 0.15) is 28.5 Å². The minimum atomic E-state index is -0.458. The molecule has 18 heavy (non-hydrogen) atoms. The standard InChI is InChI=1S/C11H17BrN4O2/c1-6(2)4-7(11(17)18-3)16-10-8(12)9(13)14-5-15-10/h5-7H,4H2,1-3H3,(H3,13,14,15,16). The van der Waals surface area contributed by atoms with Crippen LogP contribution in [0.25, 0.3) is 0 Å². The number of rotatable bonds is 5. The number of esters is 1. The molecule has 0 radical (unpaired) electrons. The highest BCUT2D eigenvalue weighted by Crippen LogP contribution is 2.25. The van der Waals surface area contributed by atoms with E-state index < -0.39 is 6.04 Å². The van der Waals surface area contributed by atoms with Gasteiger partial charge in [0.05, 0.1) is 7.11 Å². The highest BCUT2D eigenvalue weighted by Gasteiger charge is 2.22. The van der Waals surface area contributed by atoms with Crippen LogP contribution in [0.1, 0.15) is 20.3 Å². The van der Waals surface area contributed by atoms with Crippen LogP contribution in [-0.4, -0.2) is 29.1 Å². The van der Waals surface area contributed by atoms with Crippen LogP contribution in [0.5, 0.6) is 0 Å². The van der Waals surface area contributed by atoms with Crippen LogP contribution >= 0.6 is 15.9 Å². The quantitative estimate of drug-likeness (QED) is 0.805. The molecule has 0 aliphatic rings. The first-order chi connectivity index (χ1) is 8.45. The number of carbonyl (C=O) groups is 1. The Morgan fingerprint density at radius 1 is 1.56 bits per heavy atom. The minimum absolute atomic E-state index is 0.320. The third-order valence-electron chi connectivity index (χ3n) is 2.32. The minimum Gasteiger partial charge on any atom is -0.467 e. The van der Waals surface area contributed by atoms with Crippen molar-refractivity contribution in [1.29, 1.82) is 0 Å². The van der Waals surface area contributed by atoms with Crippen LogP contribution < -0.4 is 11.1 Å². The number of nitrogens with zero attached hydrogens (tertiary/aromatic N) is 2. The first kappa shape index (κ1) is 14.7. The van der Waals surface area contributed by atoms with Gasteiger partial charge in [-0.3, -0.25) is 0 Å². The first-order valence-corrected chi connectivity index (χ1v) is 6.35. The number of ether oxygens (including phenoxy) is 1. The van der Waals surface area contributed by atoms with Crippen LogP contribution in [0.4, 0.5) is 11.6 Å². The molecule has 0 fully saturated rings. The Hall–Kier alpha value is -1.37. The lowest BCUT2D eigenvalue weighted by molar-refractivity contribution is -0.141. The maximum absolute atomic E-state index is 11.7. The van der Waals surface area contributed by atoms with E-state index in [1.165, 1.54) is 13.4 Å². The van der Waals surface area contributed by atoms with Crippen molar-refractivity contribution in [1.82, 2.24) is 9.97 Å². The molecule has 0 aromatic carbocycles. The Balaban J connectivity index is 2.88. The lowest BCUT2D eigenvalue weighted by Crippen LogP contribution is -2.32. The molecule has 3 N–H and O–H groups in total. The van der Waals surface area contributed by atoms with Gasteiger partial charge >= 0.3 is 5.97 Å². The van der Waals surface area contributed by atoms with Gasteiger partial charge in [-0.1, -0.05) is 13.8 Å². The zero-order valence-electron chi connectivity index (χ0n) is 10.6. The molecule has 7 heteroatoms.